The van der Waals surface area contributed by atoms with E-state index in [1.807, 2.05) is 0 Å². The first-order valence-corrected chi connectivity index (χ1v) is 11.0. The van der Waals surface area contributed by atoms with E-state index in [4.69, 9.17) is 4.74 Å². The number of allylic oxidation sites excluding steroid dienone is 1. The van der Waals surface area contributed by atoms with Crippen molar-refractivity contribution >= 4 is 22.8 Å². The Bertz CT molecular complexity index is 862. The second-order valence-corrected chi connectivity index (χ2v) is 10.3. The summed E-state index contributed by atoms with van der Waals surface area (Å²) in [5, 5.41) is 11.0. The van der Waals surface area contributed by atoms with Gasteiger partial charge in [0.05, 0.1) is 17.1 Å². The molecule has 4 rings (SSSR count). The summed E-state index contributed by atoms with van der Waals surface area (Å²) in [5.74, 6) is 1.08. The molecular formula is C21H25NO5S. The lowest BCUT2D eigenvalue weighted by Crippen LogP contribution is -2.46. The zero-order chi connectivity index (χ0) is 20.1. The number of nitro benzene ring substituents is 1. The van der Waals surface area contributed by atoms with Gasteiger partial charge in [0.25, 0.3) is 5.69 Å². The lowest BCUT2D eigenvalue weighted by Gasteiger charge is -2.45. The zero-order valence-electron chi connectivity index (χ0n) is 16.1. The Labute approximate surface area is 167 Å². The van der Waals surface area contributed by atoms with E-state index in [9.17, 15) is 19.1 Å². The molecule has 2 aliphatic carbocycles. The van der Waals surface area contributed by atoms with Crippen LogP contribution < -0.4 is 0 Å². The Kier molecular flexibility index (Phi) is 4.78. The average Bonchev–Trinajstić information content (AvgIpc) is 3.00. The van der Waals surface area contributed by atoms with Gasteiger partial charge in [-0.25, -0.2) is 0 Å². The summed E-state index contributed by atoms with van der Waals surface area (Å²) in [6.45, 7) is 4.52. The molecule has 28 heavy (non-hydrogen) atoms. The molecule has 150 valence electrons. The van der Waals surface area contributed by atoms with E-state index in [0.717, 1.165) is 24.8 Å². The Morgan fingerprint density at radius 2 is 2.00 bits per heavy atom. The molecule has 1 saturated heterocycles. The minimum absolute atomic E-state index is 0.0168. The number of hydrogen-bond acceptors (Lipinski definition) is 5. The molecule has 0 radical (unpaired) electrons. The summed E-state index contributed by atoms with van der Waals surface area (Å²) < 4.78 is 19.9. The lowest BCUT2D eigenvalue weighted by molar-refractivity contribution is -0.384. The summed E-state index contributed by atoms with van der Waals surface area (Å²) in [6.07, 6.45) is 5.18. The average molecular weight is 404 g/mol. The number of carbonyl (C=O) groups excluding carboxylic acids is 1. The first kappa shape index (κ1) is 19.5. The van der Waals surface area contributed by atoms with Gasteiger partial charge in [-0.05, 0) is 54.4 Å². The summed E-state index contributed by atoms with van der Waals surface area (Å²) in [5.41, 5.74) is 0.720. The van der Waals surface area contributed by atoms with E-state index in [2.05, 4.69) is 13.8 Å². The minimum Gasteiger partial charge on any atom is -0.369 e. The predicted molar refractivity (Wildman–Crippen MR) is 106 cm³/mol. The number of rotatable bonds is 3. The van der Waals surface area contributed by atoms with Crippen molar-refractivity contribution in [3.8, 4) is 0 Å². The molecule has 5 atom stereocenters. The van der Waals surface area contributed by atoms with Gasteiger partial charge in [0, 0.05) is 45.4 Å². The fourth-order valence-electron chi connectivity index (χ4n) is 5.61. The second-order valence-electron chi connectivity index (χ2n) is 8.77. The maximum atomic E-state index is 13.2. The number of ether oxygens (including phenoxy) is 1. The van der Waals surface area contributed by atoms with E-state index in [0.29, 0.717) is 29.3 Å². The van der Waals surface area contributed by atoms with Gasteiger partial charge in [0.2, 0.25) is 0 Å². The summed E-state index contributed by atoms with van der Waals surface area (Å²) in [4.78, 5) is 22.3. The molecule has 1 heterocycles. The molecule has 0 amide bonds. The smallest absolute Gasteiger partial charge is 0.269 e. The molecular weight excluding hydrogens is 378 g/mol. The van der Waals surface area contributed by atoms with Crippen molar-refractivity contribution in [2.75, 3.05) is 5.75 Å². The highest BCUT2D eigenvalue weighted by atomic mass is 32.2. The van der Waals surface area contributed by atoms with Crippen LogP contribution in [0.15, 0.2) is 35.2 Å². The van der Waals surface area contributed by atoms with Crippen molar-refractivity contribution in [3.05, 3.63) is 50.9 Å². The highest BCUT2D eigenvalue weighted by molar-refractivity contribution is 7.89. The monoisotopic (exact) mass is 403 g/mol. The Morgan fingerprint density at radius 3 is 2.61 bits per heavy atom. The topological polar surface area (TPSA) is 86.5 Å². The first-order valence-electron chi connectivity index (χ1n) is 9.71. The molecule has 1 aliphatic heterocycles. The Morgan fingerprint density at radius 1 is 1.29 bits per heavy atom. The maximum absolute atomic E-state index is 13.2. The zero-order valence-corrected chi connectivity index (χ0v) is 16.9. The van der Waals surface area contributed by atoms with Gasteiger partial charge in [-0.2, -0.15) is 0 Å². The van der Waals surface area contributed by atoms with Crippen LogP contribution in [0, 0.1) is 26.9 Å². The molecule has 1 spiro atoms. The van der Waals surface area contributed by atoms with Gasteiger partial charge in [-0.1, -0.05) is 13.8 Å². The normalized spacial score (nSPS) is 37.9. The molecule has 0 aromatic heterocycles. The molecule has 6 nitrogen and oxygen atoms in total. The number of nitrogens with zero attached hydrogens (tertiary/aromatic N) is 1. The number of aldehydes is 1. The predicted octanol–water partition coefficient (Wildman–Crippen LogP) is 4.08. The fraction of sp³-hybridized carbons (Fsp3) is 0.571. The third kappa shape index (κ3) is 2.87. The van der Waals surface area contributed by atoms with Crippen molar-refractivity contribution in [1.82, 2.24) is 0 Å². The quantitative estimate of drug-likeness (QED) is 0.328. The molecule has 3 aliphatic rings. The largest absolute Gasteiger partial charge is 0.369 e. The molecule has 0 unspecified atom stereocenters. The number of fused-ring (bicyclic) bond motifs is 1. The molecule has 2 saturated carbocycles. The van der Waals surface area contributed by atoms with E-state index in [-0.39, 0.29) is 28.7 Å². The summed E-state index contributed by atoms with van der Waals surface area (Å²) in [6, 6.07) is 6.35. The third-order valence-corrected chi connectivity index (χ3v) is 9.15. The van der Waals surface area contributed by atoms with Crippen molar-refractivity contribution in [2.45, 2.75) is 51.7 Å². The van der Waals surface area contributed by atoms with Gasteiger partial charge in [0.15, 0.2) is 0 Å². The minimum atomic E-state index is -1.24. The number of hydrogen-bond donors (Lipinski definition) is 0. The second kappa shape index (κ2) is 6.88. The Hall–Kier alpha value is -1.86. The number of benzene rings is 1. The van der Waals surface area contributed by atoms with E-state index < -0.39 is 15.7 Å². The van der Waals surface area contributed by atoms with Crippen molar-refractivity contribution in [1.29, 1.82) is 0 Å². The van der Waals surface area contributed by atoms with E-state index in [1.165, 1.54) is 18.2 Å². The maximum Gasteiger partial charge on any atom is 0.269 e. The number of non-ortho nitro benzene ring substituents is 1. The molecule has 0 N–H and O–H groups in total. The fourth-order valence-corrected chi connectivity index (χ4v) is 7.51. The summed E-state index contributed by atoms with van der Waals surface area (Å²) in [7, 11) is -1.24. The van der Waals surface area contributed by atoms with Gasteiger partial charge in [0.1, 0.15) is 6.29 Å². The standard InChI is InChI=1S/C21H25NO5S/c1-20(2)15-7-9-21(20)13-28(26)17(8-10-23)12-18(27-19(21)11-15)14-3-5-16(6-4-14)22(24)25/h3-6,8,10,15,18-19H,7,9,11-13H2,1-2H3/b17-8+/t15-,18-,19-,21-,28-/m1/s1. The van der Waals surface area contributed by atoms with Crippen LogP contribution in [0.1, 0.15) is 51.2 Å². The molecule has 1 aromatic carbocycles. The van der Waals surface area contributed by atoms with Gasteiger partial charge >= 0.3 is 0 Å². The van der Waals surface area contributed by atoms with Crippen LogP contribution >= 0.6 is 0 Å². The van der Waals surface area contributed by atoms with Gasteiger partial charge in [-0.15, -0.1) is 0 Å². The molecule has 2 bridgehead atoms. The van der Waals surface area contributed by atoms with Crippen LogP contribution in [0.4, 0.5) is 5.69 Å². The number of nitro groups is 1. The van der Waals surface area contributed by atoms with Crippen LogP contribution in [0.5, 0.6) is 0 Å². The van der Waals surface area contributed by atoms with Gasteiger partial charge < -0.3 is 4.74 Å². The van der Waals surface area contributed by atoms with Crippen LogP contribution in [-0.2, 0) is 20.3 Å². The SMILES string of the molecule is CC1(C)[C@@H]2CC[C@]13C[S@@](=O)/C(=C/C=O)C[C@H](c1ccc([N+](=O)[O-])cc1)O[C@@H]3C2. The van der Waals surface area contributed by atoms with Crippen molar-refractivity contribution in [2.24, 2.45) is 16.7 Å². The van der Waals surface area contributed by atoms with Crippen LogP contribution in [-0.4, -0.2) is 27.3 Å². The molecule has 3 fully saturated rings. The van der Waals surface area contributed by atoms with Crippen molar-refractivity contribution in [3.63, 3.8) is 0 Å². The van der Waals surface area contributed by atoms with Crippen LogP contribution in [0.2, 0.25) is 0 Å². The highest BCUT2D eigenvalue weighted by Gasteiger charge is 2.65. The Balaban J connectivity index is 1.74. The highest BCUT2D eigenvalue weighted by Crippen LogP contribution is 2.68. The van der Waals surface area contributed by atoms with E-state index in [1.54, 1.807) is 12.1 Å². The molecule has 1 aromatic rings. The molecule has 7 heteroatoms. The lowest BCUT2D eigenvalue weighted by atomic mass is 9.69. The first-order chi connectivity index (χ1) is 13.3. The van der Waals surface area contributed by atoms with Crippen LogP contribution in [0.3, 0.4) is 0 Å². The van der Waals surface area contributed by atoms with Crippen molar-refractivity contribution < 1.29 is 18.7 Å². The van der Waals surface area contributed by atoms with Crippen LogP contribution in [0.25, 0.3) is 0 Å². The third-order valence-electron chi connectivity index (χ3n) is 7.48. The summed E-state index contributed by atoms with van der Waals surface area (Å²) >= 11 is 0. The van der Waals surface area contributed by atoms with Gasteiger partial charge in [-0.3, -0.25) is 19.1 Å². The number of carbonyl (C=O) groups is 1. The van der Waals surface area contributed by atoms with E-state index >= 15 is 0 Å².